The summed E-state index contributed by atoms with van der Waals surface area (Å²) in [5.41, 5.74) is 11.8. The highest BCUT2D eigenvalue weighted by Gasteiger charge is 2.52. The van der Waals surface area contributed by atoms with Crippen molar-refractivity contribution < 1.29 is 4.74 Å². The van der Waals surface area contributed by atoms with Crippen LogP contribution in [0.1, 0.15) is 27.8 Å². The van der Waals surface area contributed by atoms with E-state index in [1.807, 2.05) is 91.4 Å². The highest BCUT2D eigenvalue weighted by Crippen LogP contribution is 2.61. The number of nitriles is 1. The number of hydrogen-bond acceptors (Lipinski definition) is 5. The van der Waals surface area contributed by atoms with E-state index in [-0.39, 0.29) is 0 Å². The van der Waals surface area contributed by atoms with Crippen molar-refractivity contribution in [2.24, 2.45) is 0 Å². The summed E-state index contributed by atoms with van der Waals surface area (Å²) in [6.45, 7) is 7.71. The Morgan fingerprint density at radius 2 is 1.30 bits per heavy atom. The zero-order valence-corrected chi connectivity index (χ0v) is 29.5. The molecule has 6 heterocycles. The van der Waals surface area contributed by atoms with E-state index in [1.54, 1.807) is 6.20 Å². The van der Waals surface area contributed by atoms with Gasteiger partial charge in [0, 0.05) is 50.9 Å². The first-order valence-electron chi connectivity index (χ1n) is 18.3. The Morgan fingerprint density at radius 1 is 0.571 bits per heavy atom. The first-order valence-corrected chi connectivity index (χ1v) is 18.3. The third-order valence-corrected chi connectivity index (χ3v) is 11.6. The first kappa shape index (κ1) is 30.4. The van der Waals surface area contributed by atoms with E-state index in [0.717, 1.165) is 100 Å². The van der Waals surface area contributed by atoms with E-state index in [9.17, 15) is 5.26 Å². The molecule has 5 aromatic heterocycles. The molecular formula is C48H25N7O. The SMILES string of the molecule is [C-]#[N+]c1ccc2c(c1)c1ccccc1n2-c1cnc2c(c1)C1(c3ccccc3Oc3ccc(-n4c5ccc(C#N)cc5c5ccncc54)cc31)c1cccnc1-2. The molecule has 0 radical (unpaired) electrons. The number of nitrogens with zero attached hydrogens (tertiary/aromatic N) is 7. The van der Waals surface area contributed by atoms with Crippen molar-refractivity contribution in [2.45, 2.75) is 5.41 Å². The van der Waals surface area contributed by atoms with Gasteiger partial charge in [0.25, 0.3) is 0 Å². The summed E-state index contributed by atoms with van der Waals surface area (Å²) in [7, 11) is 0. The molecule has 0 fully saturated rings. The van der Waals surface area contributed by atoms with Crippen LogP contribution in [0.25, 0.3) is 71.2 Å². The van der Waals surface area contributed by atoms with Gasteiger partial charge in [-0.05, 0) is 89.8 Å². The van der Waals surface area contributed by atoms with E-state index in [0.29, 0.717) is 11.3 Å². The first-order chi connectivity index (χ1) is 27.7. The fourth-order valence-electron chi connectivity index (χ4n) is 9.37. The number of fused-ring (bicyclic) bond motifs is 15. The number of hydrogen-bond donors (Lipinski definition) is 0. The molecule has 10 aromatic rings. The summed E-state index contributed by atoms with van der Waals surface area (Å²) in [6, 6.07) is 45.5. The second-order valence-electron chi connectivity index (χ2n) is 14.3. The van der Waals surface area contributed by atoms with Gasteiger partial charge in [0.15, 0.2) is 5.69 Å². The van der Waals surface area contributed by atoms with Gasteiger partial charge in [-0.3, -0.25) is 15.0 Å². The fraction of sp³-hybridized carbons (Fsp3) is 0.0208. The van der Waals surface area contributed by atoms with Crippen LogP contribution >= 0.6 is 0 Å². The van der Waals surface area contributed by atoms with Gasteiger partial charge in [0.1, 0.15) is 11.5 Å². The predicted molar refractivity (Wildman–Crippen MR) is 217 cm³/mol. The van der Waals surface area contributed by atoms with Crippen molar-refractivity contribution in [3.05, 3.63) is 191 Å². The quantitative estimate of drug-likeness (QED) is 0.166. The van der Waals surface area contributed by atoms with E-state index in [2.05, 4.69) is 79.6 Å². The minimum Gasteiger partial charge on any atom is -0.457 e. The van der Waals surface area contributed by atoms with Gasteiger partial charge in [0.05, 0.1) is 75.2 Å². The molecule has 258 valence electrons. The number of para-hydroxylation sites is 2. The minimum atomic E-state index is -0.844. The zero-order chi connectivity index (χ0) is 37.1. The third-order valence-electron chi connectivity index (χ3n) is 11.6. The van der Waals surface area contributed by atoms with Crippen molar-refractivity contribution in [3.8, 4) is 40.3 Å². The summed E-state index contributed by atoms with van der Waals surface area (Å²) < 4.78 is 11.3. The van der Waals surface area contributed by atoms with Crippen LogP contribution in [0.5, 0.6) is 11.5 Å². The van der Waals surface area contributed by atoms with E-state index < -0.39 is 5.41 Å². The average Bonchev–Trinajstić information content (AvgIpc) is 3.87. The van der Waals surface area contributed by atoms with Crippen LogP contribution in [-0.4, -0.2) is 24.1 Å². The van der Waals surface area contributed by atoms with E-state index in [1.165, 1.54) is 0 Å². The molecule has 1 unspecified atom stereocenters. The molecule has 1 spiro atoms. The molecule has 1 aliphatic carbocycles. The van der Waals surface area contributed by atoms with Crippen LogP contribution in [0.3, 0.4) is 0 Å². The molecule has 0 N–H and O–H groups in total. The second kappa shape index (κ2) is 11.0. The van der Waals surface area contributed by atoms with E-state index in [4.69, 9.17) is 21.3 Å². The number of rotatable bonds is 2. The normalized spacial score (nSPS) is 15.0. The monoisotopic (exact) mass is 715 g/mol. The van der Waals surface area contributed by atoms with Gasteiger partial charge in [-0.15, -0.1) is 0 Å². The molecule has 0 saturated heterocycles. The smallest absolute Gasteiger partial charge is 0.188 e. The lowest BCUT2D eigenvalue weighted by atomic mass is 9.66. The van der Waals surface area contributed by atoms with Crippen LogP contribution in [0.2, 0.25) is 0 Å². The highest BCUT2D eigenvalue weighted by molar-refractivity contribution is 6.11. The number of benzene rings is 5. The minimum absolute atomic E-state index is 0.601. The van der Waals surface area contributed by atoms with Crippen molar-refractivity contribution >= 4 is 49.3 Å². The molecule has 1 aliphatic heterocycles. The largest absolute Gasteiger partial charge is 0.457 e. The second-order valence-corrected chi connectivity index (χ2v) is 14.3. The van der Waals surface area contributed by atoms with E-state index >= 15 is 0 Å². The van der Waals surface area contributed by atoms with Crippen LogP contribution in [0, 0.1) is 17.9 Å². The average molecular weight is 716 g/mol. The summed E-state index contributed by atoms with van der Waals surface area (Å²) in [4.78, 5) is 18.5. The summed E-state index contributed by atoms with van der Waals surface area (Å²) in [5, 5.41) is 13.9. The third kappa shape index (κ3) is 3.81. The van der Waals surface area contributed by atoms with Gasteiger partial charge in [0.2, 0.25) is 0 Å². The van der Waals surface area contributed by atoms with Gasteiger partial charge in [-0.25, -0.2) is 4.85 Å². The molecular weight excluding hydrogens is 691 g/mol. The Bertz CT molecular complexity index is 3450. The van der Waals surface area contributed by atoms with Gasteiger partial charge in [-0.1, -0.05) is 48.5 Å². The summed E-state index contributed by atoms with van der Waals surface area (Å²) in [5.74, 6) is 1.52. The van der Waals surface area contributed by atoms with Crippen LogP contribution in [0.4, 0.5) is 5.69 Å². The number of ether oxygens (including phenoxy) is 1. The molecule has 1 atom stereocenters. The molecule has 8 heteroatoms. The Morgan fingerprint density at radius 3 is 2.21 bits per heavy atom. The summed E-state index contributed by atoms with van der Waals surface area (Å²) in [6.07, 6.45) is 7.45. The van der Waals surface area contributed by atoms with Gasteiger partial charge in [-0.2, -0.15) is 5.26 Å². The van der Waals surface area contributed by atoms with Gasteiger partial charge >= 0.3 is 0 Å². The maximum atomic E-state index is 9.78. The zero-order valence-electron chi connectivity index (χ0n) is 29.5. The Kier molecular flexibility index (Phi) is 5.96. The number of aromatic nitrogens is 5. The Hall–Kier alpha value is -8.07. The molecule has 0 amide bonds. The van der Waals surface area contributed by atoms with Crippen molar-refractivity contribution in [1.82, 2.24) is 24.1 Å². The van der Waals surface area contributed by atoms with Crippen molar-refractivity contribution in [1.29, 1.82) is 5.26 Å². The van der Waals surface area contributed by atoms with Crippen LogP contribution in [0.15, 0.2) is 152 Å². The standard InChI is InChI=1S/C48H25N7O/c1-50-29-13-16-42-35(22-29)32-7-2-4-10-40(32)55(42)31-24-39-47(53-26-31)46-37(9-6-19-52-46)48(39)36-8-3-5-11-44(36)56-45-17-14-30(23-38(45)48)54-41-15-12-28(25-49)21-34(41)33-18-20-51-27-43(33)54/h2-24,26-27H. The highest BCUT2D eigenvalue weighted by atomic mass is 16.5. The van der Waals surface area contributed by atoms with Gasteiger partial charge < -0.3 is 13.9 Å². The lowest BCUT2D eigenvalue weighted by Crippen LogP contribution is -2.32. The van der Waals surface area contributed by atoms with Crippen LogP contribution in [-0.2, 0) is 5.41 Å². The molecule has 12 rings (SSSR count). The molecule has 0 bridgehead atoms. The van der Waals surface area contributed by atoms with Crippen LogP contribution < -0.4 is 4.74 Å². The number of pyridine rings is 3. The maximum absolute atomic E-state index is 9.78. The molecule has 2 aliphatic rings. The predicted octanol–water partition coefficient (Wildman–Crippen LogP) is 11.0. The van der Waals surface area contributed by atoms with Crippen molar-refractivity contribution in [3.63, 3.8) is 0 Å². The molecule has 56 heavy (non-hydrogen) atoms. The molecule has 0 saturated carbocycles. The molecule has 8 nitrogen and oxygen atoms in total. The molecule has 5 aromatic carbocycles. The lowest BCUT2D eigenvalue weighted by Gasteiger charge is -2.39. The topological polar surface area (TPSA) is 85.9 Å². The maximum Gasteiger partial charge on any atom is 0.188 e. The fourth-order valence-corrected chi connectivity index (χ4v) is 9.37. The summed E-state index contributed by atoms with van der Waals surface area (Å²) >= 11 is 0. The lowest BCUT2D eigenvalue weighted by molar-refractivity contribution is 0.436. The Balaban J connectivity index is 1.18. The van der Waals surface area contributed by atoms with Crippen molar-refractivity contribution in [2.75, 3.05) is 0 Å². The Labute approximate surface area is 319 Å².